The second kappa shape index (κ2) is 7.66. The Labute approximate surface area is 134 Å². The number of hydrazine groups is 1. The van der Waals surface area contributed by atoms with Gasteiger partial charge in [0, 0.05) is 10.5 Å². The van der Waals surface area contributed by atoms with E-state index in [1.54, 1.807) is 12.1 Å². The summed E-state index contributed by atoms with van der Waals surface area (Å²) in [6.07, 6.45) is 0. The van der Waals surface area contributed by atoms with E-state index in [0.29, 0.717) is 5.56 Å². The highest BCUT2D eigenvalue weighted by molar-refractivity contribution is 8.00. The Balaban J connectivity index is 1.82. The normalized spacial score (nSPS) is 10.1. The number of thioether (sulfide) groups is 1. The van der Waals surface area contributed by atoms with Gasteiger partial charge in [0.05, 0.1) is 5.75 Å². The summed E-state index contributed by atoms with van der Waals surface area (Å²) in [7, 11) is 0. The van der Waals surface area contributed by atoms with Crippen molar-refractivity contribution < 1.29 is 9.59 Å². The lowest BCUT2D eigenvalue weighted by atomic mass is 10.1. The molecule has 0 aliphatic rings. The second-order valence-corrected chi connectivity index (χ2v) is 5.89. The van der Waals surface area contributed by atoms with Crippen LogP contribution >= 0.6 is 11.8 Å². The van der Waals surface area contributed by atoms with Crippen molar-refractivity contribution in [1.82, 2.24) is 10.9 Å². The SMILES string of the molecule is Cc1ccccc1SCC(=O)NNC(=O)c1ccccc1C. The first-order valence-electron chi connectivity index (χ1n) is 6.91. The molecule has 0 aromatic heterocycles. The third-order valence-corrected chi connectivity index (χ3v) is 4.33. The molecule has 0 radical (unpaired) electrons. The highest BCUT2D eigenvalue weighted by Gasteiger charge is 2.10. The molecule has 0 fully saturated rings. The number of carbonyl (C=O) groups is 2. The Kier molecular flexibility index (Phi) is 5.61. The molecule has 22 heavy (non-hydrogen) atoms. The van der Waals surface area contributed by atoms with Crippen molar-refractivity contribution in [3.05, 3.63) is 65.2 Å². The average molecular weight is 314 g/mol. The van der Waals surface area contributed by atoms with Crippen LogP contribution in [0.25, 0.3) is 0 Å². The number of amides is 2. The summed E-state index contributed by atoms with van der Waals surface area (Å²) in [5.41, 5.74) is 7.42. The summed E-state index contributed by atoms with van der Waals surface area (Å²) in [5.74, 6) is -0.304. The topological polar surface area (TPSA) is 58.2 Å². The lowest BCUT2D eigenvalue weighted by molar-refractivity contribution is -0.119. The molecular weight excluding hydrogens is 296 g/mol. The number of benzene rings is 2. The molecular formula is C17H18N2O2S. The van der Waals surface area contributed by atoms with Gasteiger partial charge in [0.25, 0.3) is 5.91 Å². The van der Waals surface area contributed by atoms with Crippen LogP contribution in [0.4, 0.5) is 0 Å². The van der Waals surface area contributed by atoms with Gasteiger partial charge in [0.15, 0.2) is 0 Å². The summed E-state index contributed by atoms with van der Waals surface area (Å²) in [6, 6.07) is 15.1. The molecule has 2 aromatic carbocycles. The smallest absolute Gasteiger partial charge is 0.269 e. The molecule has 0 saturated heterocycles. The van der Waals surface area contributed by atoms with E-state index < -0.39 is 0 Å². The number of hydrogen-bond donors (Lipinski definition) is 2. The van der Waals surface area contributed by atoms with Gasteiger partial charge in [-0.25, -0.2) is 0 Å². The van der Waals surface area contributed by atoms with Gasteiger partial charge < -0.3 is 0 Å². The summed E-state index contributed by atoms with van der Waals surface area (Å²) in [4.78, 5) is 24.8. The fourth-order valence-corrected chi connectivity index (χ4v) is 2.75. The molecule has 0 aliphatic carbocycles. The number of hydrogen-bond acceptors (Lipinski definition) is 3. The lowest BCUT2D eigenvalue weighted by Crippen LogP contribution is -2.42. The minimum absolute atomic E-state index is 0.241. The van der Waals surface area contributed by atoms with Crippen LogP contribution in [0.3, 0.4) is 0 Å². The van der Waals surface area contributed by atoms with Gasteiger partial charge in [-0.3, -0.25) is 20.4 Å². The standard InChI is InChI=1S/C17H18N2O2S/c1-12-7-3-5-9-14(12)17(21)19-18-16(20)11-22-15-10-6-4-8-13(15)2/h3-10H,11H2,1-2H3,(H,18,20)(H,19,21). The Morgan fingerprint density at radius 1 is 0.909 bits per heavy atom. The minimum Gasteiger partial charge on any atom is -0.272 e. The number of aryl methyl sites for hydroxylation is 2. The third kappa shape index (κ3) is 4.36. The van der Waals surface area contributed by atoms with E-state index in [1.165, 1.54) is 11.8 Å². The average Bonchev–Trinajstić information content (AvgIpc) is 2.52. The molecule has 114 valence electrons. The van der Waals surface area contributed by atoms with Gasteiger partial charge >= 0.3 is 0 Å². The minimum atomic E-state index is -0.313. The summed E-state index contributed by atoms with van der Waals surface area (Å²) >= 11 is 1.44. The molecule has 0 aliphatic heterocycles. The van der Waals surface area contributed by atoms with E-state index in [1.807, 2.05) is 50.2 Å². The molecule has 0 atom stereocenters. The maximum Gasteiger partial charge on any atom is 0.269 e. The van der Waals surface area contributed by atoms with E-state index in [4.69, 9.17) is 0 Å². The predicted octanol–water partition coefficient (Wildman–Crippen LogP) is 2.86. The van der Waals surface area contributed by atoms with Gasteiger partial charge in [0.2, 0.25) is 5.91 Å². The van der Waals surface area contributed by atoms with E-state index in [-0.39, 0.29) is 17.6 Å². The van der Waals surface area contributed by atoms with Gasteiger partial charge in [-0.2, -0.15) is 0 Å². The zero-order valence-corrected chi connectivity index (χ0v) is 13.4. The number of carbonyl (C=O) groups excluding carboxylic acids is 2. The molecule has 0 unspecified atom stereocenters. The van der Waals surface area contributed by atoms with Crippen LogP contribution in [-0.4, -0.2) is 17.6 Å². The van der Waals surface area contributed by atoms with Crippen molar-refractivity contribution in [3.8, 4) is 0 Å². The van der Waals surface area contributed by atoms with E-state index in [2.05, 4.69) is 10.9 Å². The van der Waals surface area contributed by atoms with E-state index >= 15 is 0 Å². The Morgan fingerprint density at radius 2 is 1.55 bits per heavy atom. The zero-order valence-electron chi connectivity index (χ0n) is 12.6. The fourth-order valence-electron chi connectivity index (χ4n) is 1.92. The predicted molar refractivity (Wildman–Crippen MR) is 88.7 cm³/mol. The molecule has 0 heterocycles. The van der Waals surface area contributed by atoms with Crippen LogP contribution in [0, 0.1) is 13.8 Å². The molecule has 0 spiro atoms. The quantitative estimate of drug-likeness (QED) is 0.674. The Hall–Kier alpha value is -2.27. The largest absolute Gasteiger partial charge is 0.272 e. The molecule has 2 N–H and O–H groups in total. The fraction of sp³-hybridized carbons (Fsp3) is 0.176. The summed E-state index contributed by atoms with van der Waals surface area (Å²) < 4.78 is 0. The van der Waals surface area contributed by atoms with Crippen LogP contribution in [-0.2, 0) is 4.79 Å². The molecule has 5 heteroatoms. The van der Waals surface area contributed by atoms with Gasteiger partial charge in [-0.1, -0.05) is 36.4 Å². The first kappa shape index (κ1) is 16.1. The maximum atomic E-state index is 12.0. The highest BCUT2D eigenvalue weighted by Crippen LogP contribution is 2.21. The molecule has 2 amide bonds. The Morgan fingerprint density at radius 3 is 2.23 bits per heavy atom. The van der Waals surface area contributed by atoms with Gasteiger partial charge in [-0.15, -0.1) is 11.8 Å². The maximum absolute atomic E-state index is 12.0. The second-order valence-electron chi connectivity index (χ2n) is 4.87. The van der Waals surface area contributed by atoms with Crippen LogP contribution in [0.5, 0.6) is 0 Å². The van der Waals surface area contributed by atoms with E-state index in [0.717, 1.165) is 16.0 Å². The van der Waals surface area contributed by atoms with Crippen molar-refractivity contribution in [2.24, 2.45) is 0 Å². The van der Waals surface area contributed by atoms with Crippen LogP contribution in [0.1, 0.15) is 21.5 Å². The molecule has 0 bridgehead atoms. The first-order chi connectivity index (χ1) is 10.6. The van der Waals surface area contributed by atoms with Crippen LogP contribution < -0.4 is 10.9 Å². The first-order valence-corrected chi connectivity index (χ1v) is 7.89. The monoisotopic (exact) mass is 314 g/mol. The van der Waals surface area contributed by atoms with Crippen LogP contribution in [0.2, 0.25) is 0 Å². The number of rotatable bonds is 4. The number of nitrogens with one attached hydrogen (secondary N) is 2. The van der Waals surface area contributed by atoms with Gasteiger partial charge in [0.1, 0.15) is 0 Å². The van der Waals surface area contributed by atoms with Crippen molar-refractivity contribution in [2.45, 2.75) is 18.7 Å². The lowest BCUT2D eigenvalue weighted by Gasteiger charge is -2.09. The Bertz CT molecular complexity index is 686. The van der Waals surface area contributed by atoms with Crippen LogP contribution in [0.15, 0.2) is 53.4 Å². The molecule has 2 rings (SSSR count). The highest BCUT2D eigenvalue weighted by atomic mass is 32.2. The zero-order chi connectivity index (χ0) is 15.9. The van der Waals surface area contributed by atoms with Crippen molar-refractivity contribution in [1.29, 1.82) is 0 Å². The summed E-state index contributed by atoms with van der Waals surface area (Å²) in [6.45, 7) is 3.85. The molecule has 2 aromatic rings. The molecule has 0 saturated carbocycles. The summed E-state index contributed by atoms with van der Waals surface area (Å²) in [5, 5.41) is 0. The van der Waals surface area contributed by atoms with Crippen molar-refractivity contribution >= 4 is 23.6 Å². The van der Waals surface area contributed by atoms with Crippen molar-refractivity contribution in [2.75, 3.05) is 5.75 Å². The molecule has 4 nitrogen and oxygen atoms in total. The van der Waals surface area contributed by atoms with E-state index in [9.17, 15) is 9.59 Å². The van der Waals surface area contributed by atoms with Gasteiger partial charge in [-0.05, 0) is 37.1 Å². The van der Waals surface area contributed by atoms with Crippen molar-refractivity contribution in [3.63, 3.8) is 0 Å². The third-order valence-electron chi connectivity index (χ3n) is 3.16.